The SMILES string of the molecule is CCn1c(SCC(=O)NC(C)c2ccc3c(c2)CCC(=O)N3)nc2ccccc21. The Bertz CT molecular complexity index is 1080. The highest BCUT2D eigenvalue weighted by atomic mass is 32.2. The van der Waals surface area contributed by atoms with E-state index in [0.717, 1.165) is 46.0 Å². The van der Waals surface area contributed by atoms with Crippen molar-refractivity contribution in [2.24, 2.45) is 0 Å². The fraction of sp³-hybridized carbons (Fsp3) is 0.318. The number of thioether (sulfide) groups is 1. The maximum absolute atomic E-state index is 12.5. The average molecular weight is 409 g/mol. The number of anilines is 1. The van der Waals surface area contributed by atoms with Gasteiger partial charge in [-0.3, -0.25) is 9.59 Å². The molecule has 0 aliphatic carbocycles. The number of aryl methyl sites for hydroxylation is 2. The number of amides is 2. The van der Waals surface area contributed by atoms with Crippen molar-refractivity contribution in [2.45, 2.75) is 44.4 Å². The number of carbonyl (C=O) groups excluding carboxylic acids is 2. The van der Waals surface area contributed by atoms with Crippen molar-refractivity contribution in [1.29, 1.82) is 0 Å². The van der Waals surface area contributed by atoms with Crippen LogP contribution < -0.4 is 10.6 Å². The first-order valence-electron chi connectivity index (χ1n) is 9.85. The highest BCUT2D eigenvalue weighted by molar-refractivity contribution is 7.99. The summed E-state index contributed by atoms with van der Waals surface area (Å²) in [5, 5.41) is 6.82. The Morgan fingerprint density at radius 3 is 2.93 bits per heavy atom. The lowest BCUT2D eigenvalue weighted by Gasteiger charge is -2.20. The van der Waals surface area contributed by atoms with Crippen LogP contribution in [0.2, 0.25) is 0 Å². The van der Waals surface area contributed by atoms with Crippen LogP contribution in [-0.4, -0.2) is 27.1 Å². The fourth-order valence-electron chi connectivity index (χ4n) is 3.64. The van der Waals surface area contributed by atoms with Crippen LogP contribution in [0, 0.1) is 0 Å². The van der Waals surface area contributed by atoms with Gasteiger partial charge in [-0.05, 0) is 49.6 Å². The zero-order valence-corrected chi connectivity index (χ0v) is 17.4. The second-order valence-electron chi connectivity index (χ2n) is 7.17. The van der Waals surface area contributed by atoms with Crippen LogP contribution in [0.3, 0.4) is 0 Å². The lowest BCUT2D eigenvalue weighted by molar-refractivity contribution is -0.119. The molecule has 7 heteroatoms. The molecule has 2 heterocycles. The summed E-state index contributed by atoms with van der Waals surface area (Å²) in [6, 6.07) is 13.9. The van der Waals surface area contributed by atoms with Crippen molar-refractivity contribution < 1.29 is 9.59 Å². The first-order valence-corrected chi connectivity index (χ1v) is 10.8. The van der Waals surface area contributed by atoms with Crippen molar-refractivity contribution in [3.8, 4) is 0 Å². The van der Waals surface area contributed by atoms with Crippen LogP contribution in [-0.2, 0) is 22.6 Å². The molecule has 2 aromatic carbocycles. The van der Waals surface area contributed by atoms with Gasteiger partial charge in [0, 0.05) is 18.7 Å². The zero-order chi connectivity index (χ0) is 20.4. The third-order valence-electron chi connectivity index (χ3n) is 5.17. The molecule has 0 bridgehead atoms. The molecule has 2 N–H and O–H groups in total. The maximum Gasteiger partial charge on any atom is 0.230 e. The van der Waals surface area contributed by atoms with Crippen LogP contribution in [0.4, 0.5) is 5.69 Å². The van der Waals surface area contributed by atoms with E-state index in [1.165, 1.54) is 11.8 Å². The predicted molar refractivity (Wildman–Crippen MR) is 116 cm³/mol. The van der Waals surface area contributed by atoms with Gasteiger partial charge < -0.3 is 15.2 Å². The molecule has 0 fully saturated rings. The van der Waals surface area contributed by atoms with Gasteiger partial charge in [-0.2, -0.15) is 0 Å². The topological polar surface area (TPSA) is 76.0 Å². The van der Waals surface area contributed by atoms with Crippen molar-refractivity contribution in [3.63, 3.8) is 0 Å². The van der Waals surface area contributed by atoms with Crippen molar-refractivity contribution in [3.05, 3.63) is 53.6 Å². The predicted octanol–water partition coefficient (Wildman–Crippen LogP) is 3.91. The van der Waals surface area contributed by atoms with Crippen LogP contribution >= 0.6 is 11.8 Å². The van der Waals surface area contributed by atoms with E-state index >= 15 is 0 Å². The number of rotatable bonds is 6. The van der Waals surface area contributed by atoms with E-state index in [1.54, 1.807) is 0 Å². The van der Waals surface area contributed by atoms with Crippen molar-refractivity contribution in [1.82, 2.24) is 14.9 Å². The number of hydrogen-bond acceptors (Lipinski definition) is 4. The van der Waals surface area contributed by atoms with Gasteiger partial charge in [-0.25, -0.2) is 4.98 Å². The zero-order valence-electron chi connectivity index (χ0n) is 16.6. The Hall–Kier alpha value is -2.80. The molecule has 0 saturated carbocycles. The van der Waals surface area contributed by atoms with Gasteiger partial charge in [-0.1, -0.05) is 36.0 Å². The van der Waals surface area contributed by atoms with Gasteiger partial charge in [-0.15, -0.1) is 0 Å². The molecule has 3 aromatic rings. The van der Waals surface area contributed by atoms with Gasteiger partial charge in [0.05, 0.1) is 22.8 Å². The summed E-state index contributed by atoms with van der Waals surface area (Å²) in [5.41, 5.74) is 5.07. The summed E-state index contributed by atoms with van der Waals surface area (Å²) < 4.78 is 2.13. The third kappa shape index (κ3) is 4.15. The molecule has 1 aromatic heterocycles. The second kappa shape index (κ2) is 8.29. The molecular formula is C22H24N4O2S. The lowest BCUT2D eigenvalue weighted by atomic mass is 9.98. The molecule has 1 unspecified atom stereocenters. The normalized spacial score (nSPS) is 14.3. The number of imidazole rings is 1. The summed E-state index contributed by atoms with van der Waals surface area (Å²) >= 11 is 1.46. The number of benzene rings is 2. The Morgan fingerprint density at radius 1 is 1.28 bits per heavy atom. The third-order valence-corrected chi connectivity index (χ3v) is 6.15. The van der Waals surface area contributed by atoms with E-state index in [1.807, 2.05) is 37.3 Å². The summed E-state index contributed by atoms with van der Waals surface area (Å²) in [6.45, 7) is 4.87. The van der Waals surface area contributed by atoms with Crippen LogP contribution in [0.15, 0.2) is 47.6 Å². The Balaban J connectivity index is 1.39. The highest BCUT2D eigenvalue weighted by Gasteiger charge is 2.18. The molecule has 1 atom stereocenters. The average Bonchev–Trinajstić information content (AvgIpc) is 3.09. The van der Waals surface area contributed by atoms with Gasteiger partial charge in [0.2, 0.25) is 11.8 Å². The van der Waals surface area contributed by atoms with Crippen molar-refractivity contribution in [2.75, 3.05) is 11.1 Å². The highest BCUT2D eigenvalue weighted by Crippen LogP contribution is 2.27. The Morgan fingerprint density at radius 2 is 2.10 bits per heavy atom. The maximum atomic E-state index is 12.5. The van der Waals surface area contributed by atoms with E-state index in [9.17, 15) is 9.59 Å². The second-order valence-corrected chi connectivity index (χ2v) is 8.11. The number of aromatic nitrogens is 2. The number of fused-ring (bicyclic) bond motifs is 2. The molecule has 1 aliphatic heterocycles. The number of nitrogens with one attached hydrogen (secondary N) is 2. The summed E-state index contributed by atoms with van der Waals surface area (Å²) in [4.78, 5) is 28.7. The molecule has 150 valence electrons. The summed E-state index contributed by atoms with van der Waals surface area (Å²) in [7, 11) is 0. The van der Waals surface area contributed by atoms with E-state index in [0.29, 0.717) is 12.2 Å². The number of nitrogens with zero attached hydrogens (tertiary/aromatic N) is 2. The molecular weight excluding hydrogens is 384 g/mol. The molecule has 0 saturated heterocycles. The minimum absolute atomic E-state index is 0.0248. The fourth-order valence-corrected chi connectivity index (χ4v) is 4.53. The van der Waals surface area contributed by atoms with Gasteiger partial charge in [0.15, 0.2) is 5.16 Å². The van der Waals surface area contributed by atoms with Gasteiger partial charge in [0.25, 0.3) is 0 Å². The lowest BCUT2D eigenvalue weighted by Crippen LogP contribution is -2.28. The van der Waals surface area contributed by atoms with Gasteiger partial charge >= 0.3 is 0 Å². The monoisotopic (exact) mass is 408 g/mol. The number of para-hydroxylation sites is 2. The molecule has 1 aliphatic rings. The first kappa shape index (κ1) is 19.5. The molecule has 0 spiro atoms. The van der Waals surface area contributed by atoms with Crippen LogP contribution in [0.1, 0.15) is 37.4 Å². The van der Waals surface area contributed by atoms with Gasteiger partial charge in [0.1, 0.15) is 0 Å². The number of carbonyl (C=O) groups is 2. The minimum Gasteiger partial charge on any atom is -0.349 e. The largest absolute Gasteiger partial charge is 0.349 e. The van der Waals surface area contributed by atoms with E-state index in [4.69, 9.17) is 0 Å². The standard InChI is InChI=1S/C22H24N4O2S/c1-3-26-19-7-5-4-6-18(19)25-22(26)29-13-21(28)23-14(2)15-8-10-17-16(12-15)9-11-20(27)24-17/h4-8,10,12,14H,3,9,11,13H2,1-2H3,(H,23,28)(H,24,27). The summed E-state index contributed by atoms with van der Waals surface area (Å²) in [5.74, 6) is 0.347. The molecule has 29 heavy (non-hydrogen) atoms. The quantitative estimate of drug-likeness (QED) is 0.607. The van der Waals surface area contributed by atoms with Crippen LogP contribution in [0.25, 0.3) is 11.0 Å². The van der Waals surface area contributed by atoms with Crippen molar-refractivity contribution >= 4 is 40.3 Å². The molecule has 4 rings (SSSR count). The Kier molecular flexibility index (Phi) is 5.58. The molecule has 0 radical (unpaired) electrons. The first-order chi connectivity index (χ1) is 14.0. The van der Waals surface area contributed by atoms with Crippen LogP contribution in [0.5, 0.6) is 0 Å². The smallest absolute Gasteiger partial charge is 0.230 e. The molecule has 6 nitrogen and oxygen atoms in total. The summed E-state index contributed by atoms with van der Waals surface area (Å²) in [6.07, 6.45) is 1.24. The molecule has 2 amide bonds. The number of hydrogen-bond donors (Lipinski definition) is 2. The van der Waals surface area contributed by atoms with E-state index in [2.05, 4.69) is 39.2 Å². The minimum atomic E-state index is -0.101. The van der Waals surface area contributed by atoms with E-state index < -0.39 is 0 Å². The Labute approximate surface area is 174 Å². The van der Waals surface area contributed by atoms with E-state index in [-0.39, 0.29) is 17.9 Å².